The van der Waals surface area contributed by atoms with Crippen LogP contribution in [-0.4, -0.2) is 50.0 Å². The van der Waals surface area contributed by atoms with Crippen LogP contribution in [0.2, 0.25) is 0 Å². The number of pyridine rings is 1. The Hall–Kier alpha value is -2.90. The highest BCUT2D eigenvalue weighted by atomic mass is 15.2. The summed E-state index contributed by atoms with van der Waals surface area (Å²) in [5, 5.41) is 7.02. The molecule has 6 bridgehead atoms. The Morgan fingerprint density at radius 3 is 2.87 bits per heavy atom. The van der Waals surface area contributed by atoms with Crippen LogP contribution in [0.4, 0.5) is 11.6 Å². The molecular weight excluding hydrogens is 386 g/mol. The molecule has 0 spiro atoms. The fraction of sp³-hybridized carbons (Fsp3) is 0.417. The lowest BCUT2D eigenvalue weighted by molar-refractivity contribution is 0.193. The molecule has 1 unspecified atom stereocenters. The van der Waals surface area contributed by atoms with Crippen molar-refractivity contribution in [2.45, 2.75) is 52.2 Å². The first-order valence-electron chi connectivity index (χ1n) is 11.0. The molecule has 162 valence electrons. The van der Waals surface area contributed by atoms with Gasteiger partial charge in [0.05, 0.1) is 0 Å². The number of rotatable bonds is 1. The number of aromatic nitrogens is 4. The van der Waals surface area contributed by atoms with E-state index in [1.54, 1.807) is 6.33 Å². The number of aryl methyl sites for hydroxylation is 1. The van der Waals surface area contributed by atoms with Crippen molar-refractivity contribution in [3.63, 3.8) is 0 Å². The Morgan fingerprint density at radius 2 is 2.00 bits per heavy atom. The van der Waals surface area contributed by atoms with Crippen LogP contribution >= 0.6 is 0 Å². The molecule has 31 heavy (non-hydrogen) atoms. The Kier molecular flexibility index (Phi) is 6.84. The molecule has 7 heteroatoms. The average Bonchev–Trinajstić information content (AvgIpc) is 2.76. The summed E-state index contributed by atoms with van der Waals surface area (Å²) >= 11 is 0. The molecule has 1 aromatic carbocycles. The largest absolute Gasteiger partial charge is 0.324 e. The van der Waals surface area contributed by atoms with E-state index in [4.69, 9.17) is 0 Å². The number of nitrogens with one attached hydrogen (secondary N) is 2. The lowest BCUT2D eigenvalue weighted by atomic mass is 10.1. The average molecular weight is 418 g/mol. The SMILES string of the molecule is CC1CN(C(C)C)Cc2cccc(c2)Nc2ncnc(n2)-c2ccnc(c2)CCCN1. The molecular formula is C24H31N7. The van der Waals surface area contributed by atoms with Gasteiger partial charge in [-0.05, 0) is 70.0 Å². The third kappa shape index (κ3) is 5.83. The molecule has 1 aliphatic rings. The smallest absolute Gasteiger partial charge is 0.230 e. The number of hydrogen-bond donors (Lipinski definition) is 2. The minimum Gasteiger partial charge on any atom is -0.324 e. The standard InChI is InChI=1S/C24H31N7/c1-17(2)31-14-18(3)25-10-5-8-21-13-20(9-11-26-21)23-27-16-28-24(30-23)29-22-7-4-6-19(12-22)15-31/h4,6-7,9,11-13,16-18,25H,5,8,10,14-15H2,1-3H3,(H,27,28,29,30). The van der Waals surface area contributed by atoms with Crippen LogP contribution in [0.3, 0.4) is 0 Å². The summed E-state index contributed by atoms with van der Waals surface area (Å²) in [5.74, 6) is 1.19. The molecule has 0 saturated heterocycles. The zero-order valence-corrected chi connectivity index (χ0v) is 18.5. The molecule has 0 amide bonds. The molecule has 0 aliphatic carbocycles. The van der Waals surface area contributed by atoms with Crippen LogP contribution in [0.15, 0.2) is 48.9 Å². The van der Waals surface area contributed by atoms with Gasteiger partial charge in [0, 0.05) is 48.3 Å². The van der Waals surface area contributed by atoms with Crippen molar-refractivity contribution in [1.29, 1.82) is 0 Å². The van der Waals surface area contributed by atoms with Crippen LogP contribution in [0, 0.1) is 0 Å². The first-order valence-corrected chi connectivity index (χ1v) is 11.0. The number of benzene rings is 1. The van der Waals surface area contributed by atoms with E-state index in [1.165, 1.54) is 5.56 Å². The summed E-state index contributed by atoms with van der Waals surface area (Å²) in [6.07, 6.45) is 5.34. The summed E-state index contributed by atoms with van der Waals surface area (Å²) in [6.45, 7) is 9.64. The van der Waals surface area contributed by atoms with E-state index in [-0.39, 0.29) is 0 Å². The van der Waals surface area contributed by atoms with E-state index in [0.29, 0.717) is 23.9 Å². The van der Waals surface area contributed by atoms with Crippen LogP contribution in [-0.2, 0) is 13.0 Å². The summed E-state index contributed by atoms with van der Waals surface area (Å²) < 4.78 is 0. The molecule has 1 atom stereocenters. The van der Waals surface area contributed by atoms with E-state index in [2.05, 4.69) is 80.5 Å². The zero-order valence-electron chi connectivity index (χ0n) is 18.5. The highest BCUT2D eigenvalue weighted by Crippen LogP contribution is 2.20. The van der Waals surface area contributed by atoms with E-state index >= 15 is 0 Å². The maximum atomic E-state index is 4.63. The molecule has 2 N–H and O–H groups in total. The zero-order chi connectivity index (χ0) is 21.6. The summed E-state index contributed by atoms with van der Waals surface area (Å²) in [5.41, 5.74) is 4.25. The predicted molar refractivity (Wildman–Crippen MR) is 124 cm³/mol. The highest BCUT2D eigenvalue weighted by Gasteiger charge is 2.15. The number of hydrogen-bond acceptors (Lipinski definition) is 7. The van der Waals surface area contributed by atoms with Crippen LogP contribution in [0.25, 0.3) is 11.4 Å². The maximum Gasteiger partial charge on any atom is 0.230 e. The van der Waals surface area contributed by atoms with Crippen molar-refractivity contribution in [1.82, 2.24) is 30.2 Å². The molecule has 0 radical (unpaired) electrons. The number of nitrogens with zero attached hydrogens (tertiary/aromatic N) is 5. The van der Waals surface area contributed by atoms with E-state index in [1.807, 2.05) is 18.3 Å². The Balaban J connectivity index is 1.66. The fourth-order valence-electron chi connectivity index (χ4n) is 3.85. The van der Waals surface area contributed by atoms with Crippen molar-refractivity contribution in [3.8, 4) is 11.4 Å². The summed E-state index contributed by atoms with van der Waals surface area (Å²) in [4.78, 5) is 20.4. The maximum absolute atomic E-state index is 4.63. The monoisotopic (exact) mass is 417 g/mol. The normalized spacial score (nSPS) is 18.1. The Bertz CT molecular complexity index is 1000. The second-order valence-corrected chi connectivity index (χ2v) is 8.48. The van der Waals surface area contributed by atoms with Crippen molar-refractivity contribution in [2.75, 3.05) is 18.4 Å². The Morgan fingerprint density at radius 1 is 1.10 bits per heavy atom. The van der Waals surface area contributed by atoms with Gasteiger partial charge in [-0.2, -0.15) is 4.98 Å². The summed E-state index contributed by atoms with van der Waals surface area (Å²) in [6, 6.07) is 13.4. The molecule has 7 nitrogen and oxygen atoms in total. The van der Waals surface area contributed by atoms with Gasteiger partial charge < -0.3 is 10.6 Å². The van der Waals surface area contributed by atoms with Gasteiger partial charge in [0.25, 0.3) is 0 Å². The van der Waals surface area contributed by atoms with Crippen molar-refractivity contribution in [2.24, 2.45) is 0 Å². The summed E-state index contributed by atoms with van der Waals surface area (Å²) in [7, 11) is 0. The van der Waals surface area contributed by atoms with Gasteiger partial charge in [-0.25, -0.2) is 9.97 Å². The minimum absolute atomic E-state index is 0.416. The lowest BCUT2D eigenvalue weighted by Crippen LogP contribution is -2.42. The number of fused-ring (bicyclic) bond motifs is 7. The third-order valence-corrected chi connectivity index (χ3v) is 5.56. The van der Waals surface area contributed by atoms with Gasteiger partial charge in [-0.15, -0.1) is 0 Å². The lowest BCUT2D eigenvalue weighted by Gasteiger charge is -2.30. The third-order valence-electron chi connectivity index (χ3n) is 5.56. The fourth-order valence-corrected chi connectivity index (χ4v) is 3.85. The molecule has 4 rings (SSSR count). The van der Waals surface area contributed by atoms with E-state index in [9.17, 15) is 0 Å². The molecule has 0 fully saturated rings. The van der Waals surface area contributed by atoms with Crippen molar-refractivity contribution >= 4 is 11.6 Å². The second-order valence-electron chi connectivity index (χ2n) is 8.48. The molecule has 2 aromatic heterocycles. The van der Waals surface area contributed by atoms with Gasteiger partial charge in [0.2, 0.25) is 5.95 Å². The van der Waals surface area contributed by atoms with Crippen molar-refractivity contribution in [3.05, 3.63) is 60.2 Å². The van der Waals surface area contributed by atoms with Crippen LogP contribution in [0.1, 0.15) is 38.4 Å². The van der Waals surface area contributed by atoms with E-state index < -0.39 is 0 Å². The Labute approximate surface area is 184 Å². The second kappa shape index (κ2) is 9.94. The first kappa shape index (κ1) is 21.3. The van der Waals surface area contributed by atoms with Gasteiger partial charge in [-0.3, -0.25) is 9.88 Å². The van der Waals surface area contributed by atoms with Crippen molar-refractivity contribution < 1.29 is 0 Å². The highest BCUT2D eigenvalue weighted by molar-refractivity contribution is 5.59. The topological polar surface area (TPSA) is 78.9 Å². The molecule has 3 aromatic rings. The van der Waals surface area contributed by atoms with Gasteiger partial charge in [-0.1, -0.05) is 12.1 Å². The van der Waals surface area contributed by atoms with Crippen LogP contribution < -0.4 is 10.6 Å². The molecule has 0 saturated carbocycles. The molecule has 3 heterocycles. The van der Waals surface area contributed by atoms with E-state index in [0.717, 1.165) is 49.4 Å². The predicted octanol–water partition coefficient (Wildman–Crippen LogP) is 3.81. The van der Waals surface area contributed by atoms with Crippen LogP contribution in [0.5, 0.6) is 0 Å². The van der Waals surface area contributed by atoms with Gasteiger partial charge in [0.15, 0.2) is 5.82 Å². The van der Waals surface area contributed by atoms with Gasteiger partial charge >= 0.3 is 0 Å². The first-order chi connectivity index (χ1) is 15.1. The minimum atomic E-state index is 0.416. The quantitative estimate of drug-likeness (QED) is 0.623. The number of anilines is 2. The van der Waals surface area contributed by atoms with Gasteiger partial charge in [0.1, 0.15) is 6.33 Å². The molecule has 1 aliphatic heterocycles.